The van der Waals surface area contributed by atoms with Gasteiger partial charge in [-0.25, -0.2) is 0 Å². The third kappa shape index (κ3) is 2.34. The molecule has 0 aliphatic carbocycles. The van der Waals surface area contributed by atoms with Gasteiger partial charge in [-0.2, -0.15) is 0 Å². The molecular weight excluding hydrogens is 176 g/mol. The highest BCUT2D eigenvalue weighted by Gasteiger charge is 2.19. The van der Waals surface area contributed by atoms with Crippen molar-refractivity contribution in [3.63, 3.8) is 0 Å². The Balaban J connectivity index is 3.11. The highest BCUT2D eigenvalue weighted by atomic mass is 32.1. The Bertz CT molecular complexity index is 287. The van der Waals surface area contributed by atoms with Gasteiger partial charge in [0.05, 0.1) is 0 Å². The first-order valence-electron chi connectivity index (χ1n) is 4.93. The van der Waals surface area contributed by atoms with Crippen molar-refractivity contribution in [2.45, 2.75) is 52.9 Å². The number of thiophene rings is 1. The van der Waals surface area contributed by atoms with Crippen LogP contribution >= 0.6 is 11.3 Å². The molecule has 0 aliphatic heterocycles. The quantitative estimate of drug-likeness (QED) is 0.621. The zero-order valence-electron chi connectivity index (χ0n) is 9.56. The van der Waals surface area contributed by atoms with Crippen molar-refractivity contribution >= 4 is 11.3 Å². The topological polar surface area (TPSA) is 0 Å². The van der Waals surface area contributed by atoms with Crippen LogP contribution in [0, 0.1) is 6.92 Å². The number of hydrogen-bond donors (Lipinski definition) is 0. The van der Waals surface area contributed by atoms with Crippen LogP contribution in [-0.4, -0.2) is 0 Å². The molecule has 0 aromatic carbocycles. The van der Waals surface area contributed by atoms with Crippen LogP contribution in [0.5, 0.6) is 0 Å². The van der Waals surface area contributed by atoms with E-state index in [-0.39, 0.29) is 0 Å². The van der Waals surface area contributed by atoms with Gasteiger partial charge < -0.3 is 0 Å². The predicted octanol–water partition coefficient (Wildman–Crippen LogP) is 4.48. The van der Waals surface area contributed by atoms with E-state index in [1.807, 2.05) is 11.3 Å². The molecule has 0 spiro atoms. The second-order valence-electron chi connectivity index (χ2n) is 5.07. The van der Waals surface area contributed by atoms with Gasteiger partial charge in [0.25, 0.3) is 0 Å². The van der Waals surface area contributed by atoms with Gasteiger partial charge >= 0.3 is 0 Å². The van der Waals surface area contributed by atoms with Crippen LogP contribution in [0.2, 0.25) is 0 Å². The number of hydrogen-bond acceptors (Lipinski definition) is 1. The molecule has 0 fully saturated rings. The zero-order chi connectivity index (χ0) is 10.2. The highest BCUT2D eigenvalue weighted by molar-refractivity contribution is 7.12. The lowest BCUT2D eigenvalue weighted by atomic mass is 9.92. The molecule has 74 valence electrons. The monoisotopic (exact) mass is 196 g/mol. The summed E-state index contributed by atoms with van der Waals surface area (Å²) < 4.78 is 0. The van der Waals surface area contributed by atoms with E-state index in [0.717, 1.165) is 0 Å². The highest BCUT2D eigenvalue weighted by Crippen LogP contribution is 2.35. The largest absolute Gasteiger partial charge is 0.144 e. The number of aryl methyl sites for hydroxylation is 1. The van der Waals surface area contributed by atoms with Gasteiger partial charge in [0.2, 0.25) is 0 Å². The molecule has 1 heteroatoms. The predicted molar refractivity (Wildman–Crippen MR) is 61.8 cm³/mol. The summed E-state index contributed by atoms with van der Waals surface area (Å²) in [5.74, 6) is 0.666. The van der Waals surface area contributed by atoms with Crippen LogP contribution in [-0.2, 0) is 5.41 Å². The Morgan fingerprint density at radius 2 is 1.77 bits per heavy atom. The maximum atomic E-state index is 2.34. The van der Waals surface area contributed by atoms with Crippen molar-refractivity contribution < 1.29 is 0 Å². The third-order valence-electron chi connectivity index (χ3n) is 2.19. The lowest BCUT2D eigenvalue weighted by molar-refractivity contribution is 0.600. The smallest absolute Gasteiger partial charge is 0.0131 e. The van der Waals surface area contributed by atoms with Crippen molar-refractivity contribution in [2.75, 3.05) is 0 Å². The lowest BCUT2D eigenvalue weighted by Gasteiger charge is -2.17. The van der Waals surface area contributed by atoms with Crippen molar-refractivity contribution in [3.05, 3.63) is 21.4 Å². The standard InChI is InChI=1S/C12H20S/c1-8(2)10-7-9(3)11(13-10)12(4,5)6/h7-8H,1-6H3. The molecule has 0 unspecified atom stereocenters. The summed E-state index contributed by atoms with van der Waals surface area (Å²) in [6.07, 6.45) is 0. The van der Waals surface area contributed by atoms with E-state index < -0.39 is 0 Å². The molecule has 13 heavy (non-hydrogen) atoms. The summed E-state index contributed by atoms with van der Waals surface area (Å²) in [6, 6.07) is 2.34. The van der Waals surface area contributed by atoms with E-state index in [4.69, 9.17) is 0 Å². The minimum Gasteiger partial charge on any atom is -0.144 e. The minimum atomic E-state index is 0.307. The van der Waals surface area contributed by atoms with Gasteiger partial charge in [0.1, 0.15) is 0 Å². The summed E-state index contributed by atoms with van der Waals surface area (Å²) in [4.78, 5) is 3.05. The summed E-state index contributed by atoms with van der Waals surface area (Å²) in [5.41, 5.74) is 1.77. The molecule has 1 aromatic rings. The van der Waals surface area contributed by atoms with Gasteiger partial charge in [-0.3, -0.25) is 0 Å². The summed E-state index contributed by atoms with van der Waals surface area (Å²) in [7, 11) is 0. The fourth-order valence-electron chi connectivity index (χ4n) is 1.54. The van der Waals surface area contributed by atoms with Gasteiger partial charge in [-0.15, -0.1) is 11.3 Å². The Morgan fingerprint density at radius 3 is 2.00 bits per heavy atom. The Labute approximate surface area is 86.0 Å². The molecular formula is C12H20S. The average molecular weight is 196 g/mol. The first-order valence-corrected chi connectivity index (χ1v) is 5.75. The van der Waals surface area contributed by atoms with Crippen molar-refractivity contribution in [1.29, 1.82) is 0 Å². The zero-order valence-corrected chi connectivity index (χ0v) is 10.4. The van der Waals surface area contributed by atoms with Gasteiger partial charge in [-0.1, -0.05) is 34.6 Å². The second kappa shape index (κ2) is 3.45. The van der Waals surface area contributed by atoms with Gasteiger partial charge in [0.15, 0.2) is 0 Å². The molecule has 0 radical (unpaired) electrons. The van der Waals surface area contributed by atoms with Gasteiger partial charge in [0, 0.05) is 9.75 Å². The summed E-state index contributed by atoms with van der Waals surface area (Å²) in [6.45, 7) is 13.6. The Morgan fingerprint density at radius 1 is 1.23 bits per heavy atom. The fourth-order valence-corrected chi connectivity index (χ4v) is 2.77. The first kappa shape index (κ1) is 10.8. The molecule has 0 saturated heterocycles. The SMILES string of the molecule is Cc1cc(C(C)C)sc1C(C)(C)C. The molecule has 1 aromatic heterocycles. The Kier molecular flexibility index (Phi) is 2.86. The molecule has 0 aliphatic rings. The maximum absolute atomic E-state index is 2.34. The van der Waals surface area contributed by atoms with E-state index in [9.17, 15) is 0 Å². The summed E-state index contributed by atoms with van der Waals surface area (Å²) in [5, 5.41) is 0. The lowest BCUT2D eigenvalue weighted by Crippen LogP contribution is -2.09. The van der Waals surface area contributed by atoms with Gasteiger partial charge in [-0.05, 0) is 29.9 Å². The van der Waals surface area contributed by atoms with E-state index >= 15 is 0 Å². The van der Waals surface area contributed by atoms with Crippen LogP contribution in [0.4, 0.5) is 0 Å². The van der Waals surface area contributed by atoms with Crippen LogP contribution in [0.3, 0.4) is 0 Å². The van der Waals surface area contributed by atoms with Crippen molar-refractivity contribution in [1.82, 2.24) is 0 Å². The minimum absolute atomic E-state index is 0.307. The van der Waals surface area contributed by atoms with E-state index in [2.05, 4.69) is 47.6 Å². The molecule has 0 saturated carbocycles. The molecule has 0 atom stereocenters. The first-order chi connectivity index (χ1) is 5.82. The molecule has 0 N–H and O–H groups in total. The van der Waals surface area contributed by atoms with Crippen molar-refractivity contribution in [2.24, 2.45) is 0 Å². The molecule has 0 nitrogen and oxygen atoms in total. The average Bonchev–Trinajstić information content (AvgIpc) is 2.29. The van der Waals surface area contributed by atoms with Crippen LogP contribution in [0.25, 0.3) is 0 Å². The molecule has 1 rings (SSSR count). The second-order valence-corrected chi connectivity index (χ2v) is 6.15. The maximum Gasteiger partial charge on any atom is 0.0131 e. The Hall–Kier alpha value is -0.300. The summed E-state index contributed by atoms with van der Waals surface area (Å²) >= 11 is 1.97. The molecule has 0 amide bonds. The van der Waals surface area contributed by atoms with Crippen molar-refractivity contribution in [3.8, 4) is 0 Å². The van der Waals surface area contributed by atoms with Crippen LogP contribution < -0.4 is 0 Å². The molecule has 0 bridgehead atoms. The molecule has 1 heterocycles. The fraction of sp³-hybridized carbons (Fsp3) is 0.667. The van der Waals surface area contributed by atoms with E-state index in [0.29, 0.717) is 11.3 Å². The third-order valence-corrected chi connectivity index (χ3v) is 4.15. The van der Waals surface area contributed by atoms with Crippen LogP contribution in [0.15, 0.2) is 6.07 Å². The van der Waals surface area contributed by atoms with E-state index in [1.54, 1.807) is 0 Å². The van der Waals surface area contributed by atoms with Crippen LogP contribution in [0.1, 0.15) is 55.9 Å². The van der Waals surface area contributed by atoms with E-state index in [1.165, 1.54) is 15.3 Å². The number of rotatable bonds is 1. The normalized spacial score (nSPS) is 12.5.